The molecule has 1 aliphatic carbocycles. The van der Waals surface area contributed by atoms with Crippen molar-refractivity contribution in [2.45, 2.75) is 18.9 Å². The van der Waals surface area contributed by atoms with E-state index >= 15 is 0 Å². The molecule has 7 nitrogen and oxygen atoms in total. The van der Waals surface area contributed by atoms with Crippen LogP contribution in [0.2, 0.25) is 0 Å². The number of aromatic nitrogens is 2. The van der Waals surface area contributed by atoms with Gasteiger partial charge in [0, 0.05) is 25.5 Å². The zero-order chi connectivity index (χ0) is 22.4. The number of hydrogen-bond acceptors (Lipinski definition) is 5. The van der Waals surface area contributed by atoms with Gasteiger partial charge in [0.05, 0.1) is 0 Å². The van der Waals surface area contributed by atoms with E-state index < -0.39 is 17.8 Å². The minimum atomic E-state index is -0.695. The summed E-state index contributed by atoms with van der Waals surface area (Å²) in [6, 6.07) is 12.1. The molecule has 0 bridgehead atoms. The summed E-state index contributed by atoms with van der Waals surface area (Å²) in [5.74, 6) is 0.112. The SMILES string of the molecule is C[C@@H]1C2[C@H](NC(=O)c3cc(Oc4ccccc4F)ccn3)C(=O)N(C)c3ncccc3[C@@H]21. The third-order valence-corrected chi connectivity index (χ3v) is 6.24. The van der Waals surface area contributed by atoms with Crippen molar-refractivity contribution in [2.75, 3.05) is 11.9 Å². The lowest BCUT2D eigenvalue weighted by Gasteiger charge is -2.23. The standard InChI is InChI=1S/C24H21FN4O3/c1-13-19-15-6-5-10-27-22(15)29(2)24(31)21(20(13)19)28-23(30)17-12-14(9-11-26-17)32-18-8-4-3-7-16(18)25/h3-13,19-21H,1-2H3,(H,28,30)/t13-,19-,20?,21-/m0/s1. The molecule has 1 unspecified atom stereocenters. The van der Waals surface area contributed by atoms with E-state index in [1.54, 1.807) is 25.4 Å². The minimum absolute atomic E-state index is 0.0165. The van der Waals surface area contributed by atoms with Crippen molar-refractivity contribution in [3.8, 4) is 11.5 Å². The van der Waals surface area contributed by atoms with E-state index in [9.17, 15) is 14.0 Å². The molecule has 8 heteroatoms. The Balaban J connectivity index is 1.38. The van der Waals surface area contributed by atoms with Gasteiger partial charge in [0.15, 0.2) is 11.6 Å². The van der Waals surface area contributed by atoms with Gasteiger partial charge in [-0.25, -0.2) is 9.37 Å². The molecule has 1 N–H and O–H groups in total. The van der Waals surface area contributed by atoms with E-state index in [2.05, 4.69) is 22.2 Å². The molecule has 3 heterocycles. The zero-order valence-electron chi connectivity index (χ0n) is 17.5. The fourth-order valence-electron chi connectivity index (χ4n) is 4.55. The van der Waals surface area contributed by atoms with Crippen molar-refractivity contribution in [2.24, 2.45) is 11.8 Å². The van der Waals surface area contributed by atoms with Gasteiger partial charge in [-0.15, -0.1) is 0 Å². The number of nitrogens with one attached hydrogen (secondary N) is 1. The maximum atomic E-state index is 13.9. The molecule has 2 amide bonds. The smallest absolute Gasteiger partial charge is 0.270 e. The molecule has 2 aliphatic rings. The number of nitrogens with zero attached hydrogens (tertiary/aromatic N) is 3. The fourth-order valence-corrected chi connectivity index (χ4v) is 4.55. The third-order valence-electron chi connectivity index (χ3n) is 6.24. The number of anilines is 1. The van der Waals surface area contributed by atoms with Gasteiger partial charge in [-0.05, 0) is 47.6 Å². The van der Waals surface area contributed by atoms with Crippen LogP contribution >= 0.6 is 0 Å². The Bertz CT molecular complexity index is 1220. The highest BCUT2D eigenvalue weighted by molar-refractivity contribution is 6.03. The van der Waals surface area contributed by atoms with E-state index in [1.807, 2.05) is 12.1 Å². The molecule has 0 radical (unpaired) electrons. The van der Waals surface area contributed by atoms with E-state index in [0.29, 0.717) is 5.82 Å². The second-order valence-electron chi connectivity index (χ2n) is 8.14. The summed E-state index contributed by atoms with van der Waals surface area (Å²) in [5.41, 5.74) is 1.11. The molecule has 1 aromatic carbocycles. The van der Waals surface area contributed by atoms with E-state index in [1.165, 1.54) is 35.4 Å². The van der Waals surface area contributed by atoms with Crippen molar-refractivity contribution in [1.29, 1.82) is 0 Å². The third kappa shape index (κ3) is 3.37. The Morgan fingerprint density at radius 1 is 1.12 bits per heavy atom. The van der Waals surface area contributed by atoms with Crippen LogP contribution in [0.15, 0.2) is 60.9 Å². The maximum Gasteiger partial charge on any atom is 0.270 e. The first kappa shape index (κ1) is 20.1. The van der Waals surface area contributed by atoms with Gasteiger partial charge < -0.3 is 10.1 Å². The van der Waals surface area contributed by atoms with Gasteiger partial charge in [-0.1, -0.05) is 25.1 Å². The van der Waals surface area contributed by atoms with Crippen LogP contribution in [0.5, 0.6) is 11.5 Å². The Labute approximate surface area is 184 Å². The van der Waals surface area contributed by atoms with Crippen molar-refractivity contribution in [3.63, 3.8) is 0 Å². The number of benzene rings is 1. The summed E-state index contributed by atoms with van der Waals surface area (Å²) in [5, 5.41) is 2.86. The van der Waals surface area contributed by atoms with E-state index in [-0.39, 0.29) is 40.9 Å². The number of ether oxygens (including phenoxy) is 1. The molecule has 162 valence electrons. The molecule has 0 saturated heterocycles. The van der Waals surface area contributed by atoms with Crippen molar-refractivity contribution in [3.05, 3.63) is 78.0 Å². The highest BCUT2D eigenvalue weighted by Crippen LogP contribution is 2.58. The monoisotopic (exact) mass is 432 g/mol. The van der Waals surface area contributed by atoms with Crippen molar-refractivity contribution < 1.29 is 18.7 Å². The largest absolute Gasteiger partial charge is 0.454 e. The minimum Gasteiger partial charge on any atom is -0.454 e. The highest BCUT2D eigenvalue weighted by Gasteiger charge is 2.58. The molecule has 1 saturated carbocycles. The highest BCUT2D eigenvalue weighted by atomic mass is 19.1. The molecule has 1 fully saturated rings. The number of carbonyl (C=O) groups excluding carboxylic acids is 2. The number of para-hydroxylation sites is 1. The number of amides is 2. The predicted octanol–water partition coefficient (Wildman–Crippen LogP) is 3.53. The lowest BCUT2D eigenvalue weighted by Crippen LogP contribution is -2.49. The van der Waals surface area contributed by atoms with Crippen LogP contribution in [-0.4, -0.2) is 34.9 Å². The predicted molar refractivity (Wildman–Crippen MR) is 115 cm³/mol. The van der Waals surface area contributed by atoms with Gasteiger partial charge >= 0.3 is 0 Å². The van der Waals surface area contributed by atoms with Crippen LogP contribution in [-0.2, 0) is 4.79 Å². The fraction of sp³-hybridized carbons (Fsp3) is 0.250. The molecular formula is C24H21FN4O3. The lowest BCUT2D eigenvalue weighted by molar-refractivity contribution is -0.120. The van der Waals surface area contributed by atoms with E-state index in [4.69, 9.17) is 4.74 Å². The topological polar surface area (TPSA) is 84.4 Å². The van der Waals surface area contributed by atoms with Crippen molar-refractivity contribution >= 4 is 17.6 Å². The molecular weight excluding hydrogens is 411 g/mol. The average molecular weight is 432 g/mol. The van der Waals surface area contributed by atoms with Crippen LogP contribution in [0.25, 0.3) is 0 Å². The summed E-state index contributed by atoms with van der Waals surface area (Å²) in [4.78, 5) is 36.2. The first-order chi connectivity index (χ1) is 15.5. The van der Waals surface area contributed by atoms with Gasteiger partial charge in [0.25, 0.3) is 11.8 Å². The number of pyridine rings is 2. The quantitative estimate of drug-likeness (QED) is 0.682. The van der Waals surface area contributed by atoms with Crippen LogP contribution in [0, 0.1) is 17.7 Å². The van der Waals surface area contributed by atoms with Gasteiger partial charge in [-0.3, -0.25) is 19.5 Å². The normalized spacial score (nSPS) is 23.6. The summed E-state index contributed by atoms with van der Waals surface area (Å²) in [6.07, 6.45) is 3.07. The number of halogens is 1. The summed E-state index contributed by atoms with van der Waals surface area (Å²) >= 11 is 0. The molecule has 3 aromatic rings. The first-order valence-electron chi connectivity index (χ1n) is 10.4. The number of hydrogen-bond donors (Lipinski definition) is 1. The molecule has 5 rings (SSSR count). The number of fused-ring (bicyclic) bond motifs is 3. The Morgan fingerprint density at radius 2 is 1.94 bits per heavy atom. The number of carbonyl (C=O) groups is 2. The molecule has 2 aromatic heterocycles. The van der Waals surface area contributed by atoms with Gasteiger partial charge in [0.2, 0.25) is 0 Å². The number of likely N-dealkylation sites (N-methyl/N-ethyl adjacent to an activating group) is 1. The molecule has 4 atom stereocenters. The van der Waals surface area contributed by atoms with E-state index in [0.717, 1.165) is 5.56 Å². The number of rotatable bonds is 4. The second kappa shape index (κ2) is 7.71. The molecule has 1 aliphatic heterocycles. The summed E-state index contributed by atoms with van der Waals surface area (Å²) < 4.78 is 19.4. The van der Waals surface area contributed by atoms with Crippen LogP contribution in [0.3, 0.4) is 0 Å². The zero-order valence-corrected chi connectivity index (χ0v) is 17.5. The molecule has 0 spiro atoms. The van der Waals surface area contributed by atoms with Gasteiger partial charge in [0.1, 0.15) is 23.3 Å². The van der Waals surface area contributed by atoms with Crippen LogP contribution in [0.1, 0.15) is 28.9 Å². The van der Waals surface area contributed by atoms with Crippen molar-refractivity contribution in [1.82, 2.24) is 15.3 Å². The molecule has 32 heavy (non-hydrogen) atoms. The summed E-state index contributed by atoms with van der Waals surface area (Å²) in [7, 11) is 1.67. The van der Waals surface area contributed by atoms with Crippen LogP contribution < -0.4 is 15.0 Å². The maximum absolute atomic E-state index is 13.9. The Morgan fingerprint density at radius 3 is 2.75 bits per heavy atom. The van der Waals surface area contributed by atoms with Gasteiger partial charge in [-0.2, -0.15) is 0 Å². The lowest BCUT2D eigenvalue weighted by atomic mass is 10.1. The first-order valence-corrected chi connectivity index (χ1v) is 10.4. The summed E-state index contributed by atoms with van der Waals surface area (Å²) in [6.45, 7) is 2.07. The Kier molecular flexibility index (Phi) is 4.84. The average Bonchev–Trinajstić information content (AvgIpc) is 3.49. The van der Waals surface area contributed by atoms with Crippen LogP contribution in [0.4, 0.5) is 10.2 Å². The Hall–Kier alpha value is -3.81. The second-order valence-corrected chi connectivity index (χ2v) is 8.14.